The summed E-state index contributed by atoms with van der Waals surface area (Å²) in [4.78, 5) is 0. The summed E-state index contributed by atoms with van der Waals surface area (Å²) < 4.78 is 23.2. The lowest BCUT2D eigenvalue weighted by Gasteiger charge is -2.28. The molecule has 88 valence electrons. The van der Waals surface area contributed by atoms with E-state index in [4.69, 9.17) is 0 Å². The standard InChI is InChI=1S/C12H17NO2S/c1-10-8-16(14,15)9-12(13-10)7-11-5-3-2-4-6-11/h2-6,10,12-13H,7-9H2,1H3/t10-,12+/m1/s1. The Bertz CT molecular complexity index is 441. The first-order valence-electron chi connectivity index (χ1n) is 5.55. The predicted octanol–water partition coefficient (Wildman–Crippen LogP) is 1.00. The third kappa shape index (κ3) is 3.06. The van der Waals surface area contributed by atoms with Gasteiger partial charge in [-0.25, -0.2) is 8.42 Å². The van der Waals surface area contributed by atoms with Gasteiger partial charge in [-0.15, -0.1) is 0 Å². The van der Waals surface area contributed by atoms with Crippen LogP contribution in [-0.2, 0) is 16.3 Å². The molecule has 2 atom stereocenters. The van der Waals surface area contributed by atoms with Crippen molar-refractivity contribution in [2.24, 2.45) is 0 Å². The maximum Gasteiger partial charge on any atom is 0.153 e. The molecule has 0 radical (unpaired) electrons. The Kier molecular flexibility index (Phi) is 3.30. The highest BCUT2D eigenvalue weighted by Gasteiger charge is 2.28. The van der Waals surface area contributed by atoms with Gasteiger partial charge in [-0.2, -0.15) is 0 Å². The summed E-state index contributed by atoms with van der Waals surface area (Å²) in [5.41, 5.74) is 1.18. The molecule has 1 aromatic rings. The minimum Gasteiger partial charge on any atom is -0.309 e. The van der Waals surface area contributed by atoms with Gasteiger partial charge in [-0.1, -0.05) is 30.3 Å². The average molecular weight is 239 g/mol. The molecule has 1 aliphatic rings. The molecule has 0 aromatic heterocycles. The average Bonchev–Trinajstić information content (AvgIpc) is 2.15. The van der Waals surface area contributed by atoms with E-state index >= 15 is 0 Å². The van der Waals surface area contributed by atoms with E-state index in [1.807, 2.05) is 37.3 Å². The van der Waals surface area contributed by atoms with Gasteiger partial charge in [-0.05, 0) is 18.9 Å². The monoisotopic (exact) mass is 239 g/mol. The van der Waals surface area contributed by atoms with Crippen LogP contribution in [0.4, 0.5) is 0 Å². The van der Waals surface area contributed by atoms with Crippen molar-refractivity contribution in [2.75, 3.05) is 11.5 Å². The number of nitrogens with one attached hydrogen (secondary N) is 1. The summed E-state index contributed by atoms with van der Waals surface area (Å²) in [6, 6.07) is 10.1. The molecule has 1 heterocycles. The molecule has 0 aliphatic carbocycles. The van der Waals surface area contributed by atoms with Crippen LogP contribution in [0.2, 0.25) is 0 Å². The number of sulfone groups is 1. The van der Waals surface area contributed by atoms with Gasteiger partial charge >= 0.3 is 0 Å². The van der Waals surface area contributed by atoms with Crippen molar-refractivity contribution >= 4 is 9.84 Å². The molecular weight excluding hydrogens is 222 g/mol. The van der Waals surface area contributed by atoms with Crippen LogP contribution in [0.15, 0.2) is 30.3 Å². The van der Waals surface area contributed by atoms with Gasteiger partial charge < -0.3 is 5.32 Å². The van der Waals surface area contributed by atoms with Gasteiger partial charge in [0.1, 0.15) is 0 Å². The molecule has 4 heteroatoms. The third-order valence-corrected chi connectivity index (χ3v) is 4.72. The van der Waals surface area contributed by atoms with Crippen molar-refractivity contribution in [3.05, 3.63) is 35.9 Å². The van der Waals surface area contributed by atoms with E-state index in [1.54, 1.807) is 0 Å². The van der Waals surface area contributed by atoms with Gasteiger partial charge in [0, 0.05) is 12.1 Å². The fourth-order valence-electron chi connectivity index (χ4n) is 2.27. The molecule has 0 spiro atoms. The Morgan fingerprint density at radius 2 is 1.94 bits per heavy atom. The smallest absolute Gasteiger partial charge is 0.153 e. The van der Waals surface area contributed by atoms with Gasteiger partial charge in [0.2, 0.25) is 0 Å². The van der Waals surface area contributed by atoms with E-state index in [1.165, 1.54) is 5.56 Å². The zero-order chi connectivity index (χ0) is 11.6. The van der Waals surface area contributed by atoms with Crippen LogP contribution >= 0.6 is 0 Å². The lowest BCUT2D eigenvalue weighted by molar-refractivity contribution is 0.455. The Labute approximate surface area is 96.8 Å². The third-order valence-electron chi connectivity index (χ3n) is 2.80. The minimum atomic E-state index is -2.86. The molecule has 1 N–H and O–H groups in total. The molecule has 1 aliphatic heterocycles. The van der Waals surface area contributed by atoms with Crippen LogP contribution < -0.4 is 5.32 Å². The van der Waals surface area contributed by atoms with Gasteiger partial charge in [0.05, 0.1) is 11.5 Å². The Balaban J connectivity index is 2.06. The summed E-state index contributed by atoms with van der Waals surface area (Å²) in [6.45, 7) is 1.93. The van der Waals surface area contributed by atoms with E-state index in [-0.39, 0.29) is 23.6 Å². The molecule has 2 rings (SSSR count). The molecule has 0 amide bonds. The van der Waals surface area contributed by atoms with Crippen LogP contribution in [0.5, 0.6) is 0 Å². The zero-order valence-electron chi connectivity index (χ0n) is 9.39. The fraction of sp³-hybridized carbons (Fsp3) is 0.500. The van der Waals surface area contributed by atoms with Crippen LogP contribution in [0.3, 0.4) is 0 Å². The summed E-state index contributed by atoms with van der Waals surface area (Å²) in [5.74, 6) is 0.518. The van der Waals surface area contributed by atoms with Crippen molar-refractivity contribution in [1.82, 2.24) is 5.32 Å². The van der Waals surface area contributed by atoms with Crippen molar-refractivity contribution < 1.29 is 8.42 Å². The minimum absolute atomic E-state index is 0.0520. The second kappa shape index (κ2) is 4.55. The van der Waals surface area contributed by atoms with E-state index in [9.17, 15) is 8.42 Å². The first-order valence-corrected chi connectivity index (χ1v) is 7.38. The first kappa shape index (κ1) is 11.6. The lowest BCUT2D eigenvalue weighted by Crippen LogP contribution is -2.51. The molecule has 0 saturated carbocycles. The summed E-state index contributed by atoms with van der Waals surface area (Å²) in [6.07, 6.45) is 0.782. The van der Waals surface area contributed by atoms with Gasteiger partial charge in [0.25, 0.3) is 0 Å². The van der Waals surface area contributed by atoms with Crippen molar-refractivity contribution in [3.8, 4) is 0 Å². The second-order valence-corrected chi connectivity index (χ2v) is 6.69. The number of benzene rings is 1. The van der Waals surface area contributed by atoms with Gasteiger partial charge in [0.15, 0.2) is 9.84 Å². The fourth-order valence-corrected chi connectivity index (χ4v) is 4.09. The molecule has 3 nitrogen and oxygen atoms in total. The number of rotatable bonds is 2. The van der Waals surface area contributed by atoms with E-state index < -0.39 is 9.84 Å². The van der Waals surface area contributed by atoms with Crippen LogP contribution in [0.1, 0.15) is 12.5 Å². The van der Waals surface area contributed by atoms with Crippen molar-refractivity contribution in [3.63, 3.8) is 0 Å². The first-order chi connectivity index (χ1) is 7.55. The normalized spacial score (nSPS) is 28.8. The number of hydrogen-bond donors (Lipinski definition) is 1. The van der Waals surface area contributed by atoms with Gasteiger partial charge in [-0.3, -0.25) is 0 Å². The lowest BCUT2D eigenvalue weighted by atomic mass is 10.1. The predicted molar refractivity (Wildman–Crippen MR) is 65.2 cm³/mol. The molecule has 1 aromatic carbocycles. The zero-order valence-corrected chi connectivity index (χ0v) is 10.2. The highest BCUT2D eigenvalue weighted by Crippen LogP contribution is 2.11. The van der Waals surface area contributed by atoms with Crippen LogP contribution in [0, 0.1) is 0 Å². The summed E-state index contributed by atoms with van der Waals surface area (Å²) in [7, 11) is -2.86. The van der Waals surface area contributed by atoms with Crippen LogP contribution in [-0.4, -0.2) is 32.0 Å². The Hall–Kier alpha value is -0.870. The van der Waals surface area contributed by atoms with Crippen molar-refractivity contribution in [2.45, 2.75) is 25.4 Å². The van der Waals surface area contributed by atoms with E-state index in [0.717, 1.165) is 6.42 Å². The number of hydrogen-bond acceptors (Lipinski definition) is 3. The maximum absolute atomic E-state index is 11.6. The molecule has 1 fully saturated rings. The topological polar surface area (TPSA) is 46.2 Å². The molecule has 0 unspecified atom stereocenters. The quantitative estimate of drug-likeness (QED) is 0.837. The summed E-state index contributed by atoms with van der Waals surface area (Å²) >= 11 is 0. The molecule has 1 saturated heterocycles. The van der Waals surface area contributed by atoms with E-state index in [2.05, 4.69) is 5.32 Å². The highest BCUT2D eigenvalue weighted by molar-refractivity contribution is 7.91. The molecule has 0 bridgehead atoms. The van der Waals surface area contributed by atoms with Crippen molar-refractivity contribution in [1.29, 1.82) is 0 Å². The summed E-state index contributed by atoms with van der Waals surface area (Å²) in [5, 5.41) is 3.34. The molecular formula is C12H17NO2S. The Morgan fingerprint density at radius 3 is 2.56 bits per heavy atom. The maximum atomic E-state index is 11.6. The van der Waals surface area contributed by atoms with E-state index in [0.29, 0.717) is 0 Å². The van der Waals surface area contributed by atoms with Crippen LogP contribution in [0.25, 0.3) is 0 Å². The molecule has 16 heavy (non-hydrogen) atoms. The second-order valence-electron chi connectivity index (χ2n) is 4.53. The highest BCUT2D eigenvalue weighted by atomic mass is 32.2. The largest absolute Gasteiger partial charge is 0.309 e. The Morgan fingerprint density at radius 1 is 1.25 bits per heavy atom. The SMILES string of the molecule is C[C@@H]1CS(=O)(=O)C[C@H](Cc2ccccc2)N1.